The van der Waals surface area contributed by atoms with Crippen LogP contribution in [-0.2, 0) is 15.0 Å². The predicted octanol–water partition coefficient (Wildman–Crippen LogP) is 6.23. The minimum absolute atomic E-state index is 0.0539. The van der Waals surface area contributed by atoms with E-state index in [0.717, 1.165) is 53.7 Å². The molecule has 2 N–H and O–H groups in total. The number of carbonyl (C=O) groups is 3. The molecule has 0 aromatic heterocycles. The number of methoxy groups -OCH3 is 1. The van der Waals surface area contributed by atoms with Crippen LogP contribution in [0.3, 0.4) is 0 Å². The third-order valence-corrected chi connectivity index (χ3v) is 6.46. The van der Waals surface area contributed by atoms with Gasteiger partial charge in [-0.05, 0) is 66.0 Å². The van der Waals surface area contributed by atoms with Crippen molar-refractivity contribution in [2.24, 2.45) is 0 Å². The van der Waals surface area contributed by atoms with E-state index < -0.39 is 0 Å². The van der Waals surface area contributed by atoms with E-state index in [2.05, 4.69) is 50.5 Å². The summed E-state index contributed by atoms with van der Waals surface area (Å²) >= 11 is 0. The Bertz CT molecular complexity index is 1050. The Hall–Kier alpha value is -3.15. The van der Waals surface area contributed by atoms with Crippen molar-refractivity contribution in [3.05, 3.63) is 58.1 Å². The molecule has 0 radical (unpaired) electrons. The SMILES string of the molecule is CCCCCC(CC(=O)Nc1cc(C(=O)NCC=O)ccc1C(C)(C)C)c1cc(C)c(OC)c(C)c1. The van der Waals surface area contributed by atoms with E-state index in [9.17, 15) is 14.4 Å². The second kappa shape index (κ2) is 13.2. The van der Waals surface area contributed by atoms with Crippen LogP contribution < -0.4 is 15.4 Å². The number of benzene rings is 2. The predicted molar refractivity (Wildman–Crippen MR) is 146 cm³/mol. The molecule has 2 amide bonds. The van der Waals surface area contributed by atoms with Gasteiger partial charge in [0.25, 0.3) is 5.91 Å². The molecule has 0 fully saturated rings. The van der Waals surface area contributed by atoms with Crippen LogP contribution in [0.15, 0.2) is 30.3 Å². The molecule has 0 aliphatic carbocycles. The van der Waals surface area contributed by atoms with Crippen molar-refractivity contribution in [2.75, 3.05) is 19.0 Å². The van der Waals surface area contributed by atoms with Crippen molar-refractivity contribution in [2.45, 2.75) is 85.0 Å². The molecule has 0 aliphatic heterocycles. The summed E-state index contributed by atoms with van der Waals surface area (Å²) in [6.07, 6.45) is 5.21. The molecule has 0 bridgehead atoms. The number of hydrogen-bond acceptors (Lipinski definition) is 4. The molecule has 2 rings (SSSR count). The number of aldehydes is 1. The number of carbonyl (C=O) groups excluding carboxylic acids is 3. The molecule has 0 heterocycles. The summed E-state index contributed by atoms with van der Waals surface area (Å²) in [4.78, 5) is 36.5. The van der Waals surface area contributed by atoms with E-state index in [1.54, 1.807) is 19.2 Å². The highest BCUT2D eigenvalue weighted by Crippen LogP contribution is 2.34. The van der Waals surface area contributed by atoms with Crippen LogP contribution in [0.4, 0.5) is 5.69 Å². The first-order valence-corrected chi connectivity index (χ1v) is 12.8. The van der Waals surface area contributed by atoms with Gasteiger partial charge in [0.1, 0.15) is 12.0 Å². The number of nitrogens with one attached hydrogen (secondary N) is 2. The molecular weight excluding hydrogens is 452 g/mol. The van der Waals surface area contributed by atoms with E-state index in [4.69, 9.17) is 4.74 Å². The summed E-state index contributed by atoms with van der Waals surface area (Å²) in [6.45, 7) is 12.4. The third kappa shape index (κ3) is 7.94. The lowest BCUT2D eigenvalue weighted by Gasteiger charge is -2.25. The molecule has 0 saturated heterocycles. The second-order valence-electron chi connectivity index (χ2n) is 10.5. The Morgan fingerprint density at radius 1 is 1.06 bits per heavy atom. The average molecular weight is 495 g/mol. The van der Waals surface area contributed by atoms with Crippen LogP contribution >= 0.6 is 0 Å². The fourth-order valence-electron chi connectivity index (χ4n) is 4.67. The largest absolute Gasteiger partial charge is 0.496 e. The van der Waals surface area contributed by atoms with Gasteiger partial charge in [-0.3, -0.25) is 9.59 Å². The summed E-state index contributed by atoms with van der Waals surface area (Å²) in [5.74, 6) is 0.533. The van der Waals surface area contributed by atoms with Crippen LogP contribution in [0, 0.1) is 13.8 Å². The number of aryl methyl sites for hydroxylation is 2. The first-order valence-electron chi connectivity index (χ1n) is 12.8. The van der Waals surface area contributed by atoms with Crippen molar-refractivity contribution in [3.8, 4) is 5.75 Å². The molecule has 2 aromatic carbocycles. The summed E-state index contributed by atoms with van der Waals surface area (Å²) < 4.78 is 5.54. The Morgan fingerprint density at radius 2 is 1.72 bits per heavy atom. The van der Waals surface area contributed by atoms with Crippen LogP contribution in [0.2, 0.25) is 0 Å². The molecule has 1 unspecified atom stereocenters. The maximum absolute atomic E-state index is 13.4. The number of amides is 2. The van der Waals surface area contributed by atoms with Gasteiger partial charge in [-0.2, -0.15) is 0 Å². The molecule has 0 saturated carbocycles. The van der Waals surface area contributed by atoms with Crippen molar-refractivity contribution in [1.82, 2.24) is 5.32 Å². The Kier molecular flexibility index (Phi) is 10.7. The topological polar surface area (TPSA) is 84.5 Å². The van der Waals surface area contributed by atoms with Crippen LogP contribution in [-0.4, -0.2) is 31.8 Å². The lowest BCUT2D eigenvalue weighted by atomic mass is 9.84. The van der Waals surface area contributed by atoms with E-state index in [1.165, 1.54) is 0 Å². The third-order valence-electron chi connectivity index (χ3n) is 6.46. The minimum atomic E-state index is -0.348. The first kappa shape index (κ1) is 29.1. The minimum Gasteiger partial charge on any atom is -0.496 e. The molecule has 6 heteroatoms. The highest BCUT2D eigenvalue weighted by Gasteiger charge is 2.23. The number of unbranched alkanes of at least 4 members (excludes halogenated alkanes) is 2. The number of ether oxygens (including phenoxy) is 1. The van der Waals surface area contributed by atoms with Gasteiger partial charge < -0.3 is 20.2 Å². The van der Waals surface area contributed by atoms with Gasteiger partial charge in [0.2, 0.25) is 5.91 Å². The fourth-order valence-corrected chi connectivity index (χ4v) is 4.67. The lowest BCUT2D eigenvalue weighted by molar-refractivity contribution is -0.116. The number of anilines is 1. The average Bonchev–Trinajstić information content (AvgIpc) is 2.81. The van der Waals surface area contributed by atoms with E-state index in [-0.39, 0.29) is 29.7 Å². The zero-order valence-corrected chi connectivity index (χ0v) is 22.9. The molecule has 0 spiro atoms. The second-order valence-corrected chi connectivity index (χ2v) is 10.5. The standard InChI is InChI=1S/C30H42N2O4/c1-8-9-10-11-22(24-16-20(2)28(36-7)21(3)17-24)19-27(34)32-26-18-23(29(35)31-14-15-33)12-13-25(26)30(4,5)6/h12-13,15-18,22H,8-11,14,19H2,1-7H3,(H,31,35)(H,32,34). The van der Waals surface area contributed by atoms with E-state index in [1.807, 2.05) is 19.9 Å². The van der Waals surface area contributed by atoms with Crippen molar-refractivity contribution >= 4 is 23.8 Å². The number of hydrogen-bond donors (Lipinski definition) is 2. The van der Waals surface area contributed by atoms with Gasteiger partial charge in [-0.25, -0.2) is 0 Å². The van der Waals surface area contributed by atoms with Gasteiger partial charge in [0.15, 0.2) is 0 Å². The van der Waals surface area contributed by atoms with Crippen LogP contribution in [0.5, 0.6) is 5.75 Å². The zero-order chi connectivity index (χ0) is 26.9. The van der Waals surface area contributed by atoms with E-state index in [0.29, 0.717) is 24.0 Å². The monoisotopic (exact) mass is 494 g/mol. The van der Waals surface area contributed by atoms with Crippen LogP contribution in [0.1, 0.15) is 98.3 Å². The molecule has 196 valence electrons. The van der Waals surface area contributed by atoms with Gasteiger partial charge >= 0.3 is 0 Å². The Morgan fingerprint density at radius 3 is 2.28 bits per heavy atom. The first-order chi connectivity index (χ1) is 17.0. The fraction of sp³-hybridized carbons (Fsp3) is 0.500. The summed E-state index contributed by atoms with van der Waals surface area (Å²) in [7, 11) is 1.68. The summed E-state index contributed by atoms with van der Waals surface area (Å²) in [5.41, 5.74) is 5.03. The quantitative estimate of drug-likeness (QED) is 0.271. The zero-order valence-electron chi connectivity index (χ0n) is 22.9. The van der Waals surface area contributed by atoms with Crippen molar-refractivity contribution < 1.29 is 19.1 Å². The summed E-state index contributed by atoms with van der Waals surface area (Å²) in [5, 5.41) is 5.66. The number of rotatable bonds is 12. The normalized spacial score (nSPS) is 12.1. The van der Waals surface area contributed by atoms with Crippen LogP contribution in [0.25, 0.3) is 0 Å². The molecular formula is C30H42N2O4. The lowest BCUT2D eigenvalue weighted by Crippen LogP contribution is -2.26. The maximum Gasteiger partial charge on any atom is 0.251 e. The Labute approximate surface area is 216 Å². The molecule has 0 aliphatic rings. The van der Waals surface area contributed by atoms with Gasteiger partial charge in [0, 0.05) is 17.7 Å². The molecule has 1 atom stereocenters. The van der Waals surface area contributed by atoms with E-state index >= 15 is 0 Å². The molecule has 2 aromatic rings. The van der Waals surface area contributed by atoms with Gasteiger partial charge in [-0.15, -0.1) is 0 Å². The molecule has 6 nitrogen and oxygen atoms in total. The van der Waals surface area contributed by atoms with Gasteiger partial charge in [-0.1, -0.05) is 65.2 Å². The van der Waals surface area contributed by atoms with Crippen molar-refractivity contribution in [1.29, 1.82) is 0 Å². The highest BCUT2D eigenvalue weighted by atomic mass is 16.5. The maximum atomic E-state index is 13.4. The summed E-state index contributed by atoms with van der Waals surface area (Å²) in [6, 6.07) is 9.57. The smallest absolute Gasteiger partial charge is 0.251 e. The van der Waals surface area contributed by atoms with Gasteiger partial charge in [0.05, 0.1) is 13.7 Å². The van der Waals surface area contributed by atoms with Crippen molar-refractivity contribution in [3.63, 3.8) is 0 Å². The Balaban J connectivity index is 2.34. The molecule has 36 heavy (non-hydrogen) atoms. The highest BCUT2D eigenvalue weighted by molar-refractivity contribution is 5.98.